The number of rotatable bonds is 8. The van der Waals surface area contributed by atoms with Crippen molar-refractivity contribution in [3.63, 3.8) is 0 Å². The minimum absolute atomic E-state index is 0.0602. The summed E-state index contributed by atoms with van der Waals surface area (Å²) in [4.78, 5) is 16.8. The van der Waals surface area contributed by atoms with Crippen molar-refractivity contribution in [1.29, 1.82) is 0 Å². The average Bonchev–Trinajstić information content (AvgIpc) is 3.20. The summed E-state index contributed by atoms with van der Waals surface area (Å²) >= 11 is 0. The molecule has 0 saturated carbocycles. The van der Waals surface area contributed by atoms with E-state index in [2.05, 4.69) is 34.6 Å². The molecule has 1 aromatic heterocycles. The molecule has 27 heavy (non-hydrogen) atoms. The normalized spacial score (nSPS) is 12.1. The maximum atomic E-state index is 12.5. The molecule has 0 radical (unpaired) electrons. The average molecular weight is 363 g/mol. The molecule has 0 aliphatic carbocycles. The number of oxazole rings is 1. The molecule has 2 aromatic carbocycles. The lowest BCUT2D eigenvalue weighted by Gasteiger charge is -2.18. The van der Waals surface area contributed by atoms with Crippen LogP contribution < -0.4 is 11.1 Å². The molecule has 1 atom stereocenters. The Morgan fingerprint density at radius 3 is 2.22 bits per heavy atom. The minimum Gasteiger partial charge on any atom is -0.446 e. The molecule has 0 aliphatic rings. The summed E-state index contributed by atoms with van der Waals surface area (Å²) in [5.74, 6) is 0.209. The first-order valence-corrected chi connectivity index (χ1v) is 9.28. The molecule has 1 heterocycles. The monoisotopic (exact) mass is 363 g/mol. The Labute approximate surface area is 159 Å². The predicted molar refractivity (Wildman–Crippen MR) is 105 cm³/mol. The van der Waals surface area contributed by atoms with E-state index >= 15 is 0 Å². The second kappa shape index (κ2) is 9.14. The van der Waals surface area contributed by atoms with E-state index in [0.29, 0.717) is 12.4 Å². The van der Waals surface area contributed by atoms with Gasteiger partial charge >= 0.3 is 0 Å². The van der Waals surface area contributed by atoms with Crippen LogP contribution in [0.5, 0.6) is 0 Å². The van der Waals surface area contributed by atoms with Crippen molar-refractivity contribution in [1.82, 2.24) is 10.3 Å². The summed E-state index contributed by atoms with van der Waals surface area (Å²) in [6.07, 6.45) is 3.08. The molecule has 3 aromatic rings. The molecule has 0 fully saturated rings. The number of carbonyl (C=O) groups excluding carboxylic acids is 1. The summed E-state index contributed by atoms with van der Waals surface area (Å²) < 4.78 is 5.38. The Kier molecular flexibility index (Phi) is 6.39. The zero-order valence-electron chi connectivity index (χ0n) is 15.5. The van der Waals surface area contributed by atoms with Crippen molar-refractivity contribution in [2.45, 2.75) is 31.7 Å². The fraction of sp³-hybridized carbons (Fsp3) is 0.273. The Hall–Kier alpha value is -2.92. The third-order valence-corrected chi connectivity index (χ3v) is 4.54. The van der Waals surface area contributed by atoms with Crippen molar-refractivity contribution < 1.29 is 9.21 Å². The van der Waals surface area contributed by atoms with Gasteiger partial charge in [-0.1, -0.05) is 74.0 Å². The first-order chi connectivity index (χ1) is 13.2. The molecular weight excluding hydrogens is 338 g/mol. The van der Waals surface area contributed by atoms with Gasteiger partial charge < -0.3 is 15.5 Å². The number of nitrogens with zero attached hydrogens (tertiary/aromatic N) is 1. The van der Waals surface area contributed by atoms with E-state index in [1.54, 1.807) is 0 Å². The summed E-state index contributed by atoms with van der Waals surface area (Å²) in [7, 11) is 0. The number of aromatic nitrogens is 1. The van der Waals surface area contributed by atoms with Crippen LogP contribution in [-0.4, -0.2) is 17.4 Å². The van der Waals surface area contributed by atoms with Gasteiger partial charge in [0.1, 0.15) is 6.26 Å². The number of amides is 1. The van der Waals surface area contributed by atoms with E-state index in [-0.39, 0.29) is 23.6 Å². The van der Waals surface area contributed by atoms with Gasteiger partial charge in [0, 0.05) is 12.5 Å². The fourth-order valence-electron chi connectivity index (χ4n) is 3.08. The highest BCUT2D eigenvalue weighted by Gasteiger charge is 2.19. The van der Waals surface area contributed by atoms with Gasteiger partial charge in [-0.05, 0) is 17.5 Å². The quantitative estimate of drug-likeness (QED) is 0.633. The summed E-state index contributed by atoms with van der Waals surface area (Å²) in [5, 5.41) is 2.98. The van der Waals surface area contributed by atoms with Crippen LogP contribution in [0.3, 0.4) is 0 Å². The van der Waals surface area contributed by atoms with E-state index in [1.807, 2.05) is 43.3 Å². The number of benzene rings is 2. The third-order valence-electron chi connectivity index (χ3n) is 4.54. The molecule has 0 aliphatic heterocycles. The Bertz CT molecular complexity index is 807. The van der Waals surface area contributed by atoms with Crippen molar-refractivity contribution >= 4 is 5.91 Å². The lowest BCUT2D eigenvalue weighted by molar-refractivity contribution is 0.0947. The van der Waals surface area contributed by atoms with Crippen LogP contribution in [-0.2, 0) is 0 Å². The van der Waals surface area contributed by atoms with E-state index in [0.717, 1.165) is 24.0 Å². The maximum Gasteiger partial charge on any atom is 0.273 e. The second-order valence-electron chi connectivity index (χ2n) is 6.55. The summed E-state index contributed by atoms with van der Waals surface area (Å²) in [6.45, 7) is 2.51. The van der Waals surface area contributed by atoms with Gasteiger partial charge in [-0.2, -0.15) is 0 Å². The summed E-state index contributed by atoms with van der Waals surface area (Å²) in [6, 6.07) is 20.0. The van der Waals surface area contributed by atoms with Crippen LogP contribution in [0.4, 0.5) is 0 Å². The molecule has 3 N–H and O–H groups in total. The van der Waals surface area contributed by atoms with Crippen LogP contribution >= 0.6 is 0 Å². The number of hydrogen-bond acceptors (Lipinski definition) is 4. The molecule has 5 heteroatoms. The highest BCUT2D eigenvalue weighted by Crippen LogP contribution is 2.24. The molecule has 3 rings (SSSR count). The molecule has 0 bridgehead atoms. The van der Waals surface area contributed by atoms with Gasteiger partial charge in [0.2, 0.25) is 5.89 Å². The number of hydrogen-bond donors (Lipinski definition) is 2. The van der Waals surface area contributed by atoms with Gasteiger partial charge in [0.05, 0.1) is 6.04 Å². The van der Waals surface area contributed by atoms with Gasteiger partial charge in [-0.15, -0.1) is 0 Å². The van der Waals surface area contributed by atoms with E-state index < -0.39 is 0 Å². The predicted octanol–water partition coefficient (Wildman–Crippen LogP) is 4.04. The van der Waals surface area contributed by atoms with Gasteiger partial charge in [-0.3, -0.25) is 4.79 Å². The van der Waals surface area contributed by atoms with Crippen LogP contribution in [0.15, 0.2) is 71.3 Å². The summed E-state index contributed by atoms with van der Waals surface area (Å²) in [5.41, 5.74) is 8.56. The molecule has 140 valence electrons. The smallest absolute Gasteiger partial charge is 0.273 e. The second-order valence-corrected chi connectivity index (χ2v) is 6.55. The Morgan fingerprint density at radius 2 is 1.67 bits per heavy atom. The van der Waals surface area contributed by atoms with Crippen molar-refractivity contribution in [3.8, 4) is 0 Å². The molecule has 5 nitrogen and oxygen atoms in total. The molecule has 1 amide bonds. The van der Waals surface area contributed by atoms with Crippen molar-refractivity contribution in [3.05, 3.63) is 89.6 Å². The molecular formula is C22H25N3O2. The topological polar surface area (TPSA) is 81.1 Å². The number of carbonyl (C=O) groups is 1. The highest BCUT2D eigenvalue weighted by molar-refractivity contribution is 5.92. The molecule has 0 saturated heterocycles. The zero-order valence-corrected chi connectivity index (χ0v) is 15.5. The van der Waals surface area contributed by atoms with Gasteiger partial charge in [0.25, 0.3) is 5.91 Å². The SMILES string of the molecule is CCCC(N)c1nc(C(=O)NCC(c2ccccc2)c2ccccc2)co1. The Balaban J connectivity index is 1.71. The largest absolute Gasteiger partial charge is 0.446 e. The van der Waals surface area contributed by atoms with E-state index in [9.17, 15) is 4.79 Å². The van der Waals surface area contributed by atoms with E-state index in [1.165, 1.54) is 6.26 Å². The van der Waals surface area contributed by atoms with Crippen LogP contribution in [0.25, 0.3) is 0 Å². The Morgan fingerprint density at radius 1 is 1.07 bits per heavy atom. The van der Waals surface area contributed by atoms with Crippen LogP contribution in [0, 0.1) is 0 Å². The van der Waals surface area contributed by atoms with Crippen molar-refractivity contribution in [2.75, 3.05) is 6.54 Å². The zero-order chi connectivity index (χ0) is 19.1. The number of nitrogens with one attached hydrogen (secondary N) is 1. The first-order valence-electron chi connectivity index (χ1n) is 9.28. The first kappa shape index (κ1) is 18.9. The number of nitrogens with two attached hydrogens (primary N) is 1. The van der Waals surface area contributed by atoms with Crippen molar-refractivity contribution in [2.24, 2.45) is 5.73 Å². The third kappa shape index (κ3) is 4.83. The lowest BCUT2D eigenvalue weighted by Crippen LogP contribution is -2.29. The lowest BCUT2D eigenvalue weighted by atomic mass is 9.91. The van der Waals surface area contributed by atoms with Crippen LogP contribution in [0.2, 0.25) is 0 Å². The molecule has 1 unspecified atom stereocenters. The molecule has 0 spiro atoms. The van der Waals surface area contributed by atoms with Gasteiger partial charge in [-0.25, -0.2) is 4.98 Å². The standard InChI is InChI=1S/C22H25N3O2/c1-2-9-19(23)22-25-20(15-27-22)21(26)24-14-18(16-10-5-3-6-11-16)17-12-7-4-8-13-17/h3-8,10-13,15,18-19H,2,9,14,23H2,1H3,(H,24,26). The highest BCUT2D eigenvalue weighted by atomic mass is 16.3. The fourth-order valence-corrected chi connectivity index (χ4v) is 3.08. The van der Waals surface area contributed by atoms with Crippen LogP contribution in [0.1, 0.15) is 59.2 Å². The van der Waals surface area contributed by atoms with E-state index in [4.69, 9.17) is 10.2 Å². The van der Waals surface area contributed by atoms with Gasteiger partial charge in [0.15, 0.2) is 5.69 Å². The maximum absolute atomic E-state index is 12.5. The minimum atomic E-state index is -0.280.